The topological polar surface area (TPSA) is 55.0 Å². The summed E-state index contributed by atoms with van der Waals surface area (Å²) in [5.41, 5.74) is 5.54. The van der Waals surface area contributed by atoms with Gasteiger partial charge in [0, 0.05) is 25.7 Å². The Hall–Kier alpha value is -1.16. The third-order valence-corrected chi connectivity index (χ3v) is 3.54. The average molecular weight is 234 g/mol. The molecule has 94 valence electrons. The smallest absolute Gasteiger partial charge is 0.132 e. The molecule has 0 amide bonds. The fraction of sp³-hybridized carbons (Fsp3) is 0.692. The van der Waals surface area contributed by atoms with Gasteiger partial charge in [-0.25, -0.2) is 9.97 Å². The zero-order valence-electron chi connectivity index (χ0n) is 10.6. The number of aromatic nitrogens is 2. The Bertz CT molecular complexity index is 347. The van der Waals surface area contributed by atoms with Gasteiger partial charge in [0.1, 0.15) is 11.6 Å². The van der Waals surface area contributed by atoms with E-state index in [1.54, 1.807) is 0 Å². The van der Waals surface area contributed by atoms with Crippen LogP contribution in [0.3, 0.4) is 0 Å². The van der Waals surface area contributed by atoms with E-state index in [1.165, 1.54) is 32.1 Å². The van der Waals surface area contributed by atoms with Crippen molar-refractivity contribution in [3.8, 4) is 0 Å². The Morgan fingerprint density at radius 1 is 1.35 bits per heavy atom. The number of nitrogens with two attached hydrogens (primary N) is 1. The molecule has 0 atom stereocenters. The van der Waals surface area contributed by atoms with Gasteiger partial charge in [-0.3, -0.25) is 0 Å². The second kappa shape index (κ2) is 5.96. The van der Waals surface area contributed by atoms with E-state index in [4.69, 9.17) is 5.73 Å². The Morgan fingerprint density at radius 3 is 2.82 bits per heavy atom. The van der Waals surface area contributed by atoms with Crippen LogP contribution in [0.4, 0.5) is 5.82 Å². The molecule has 0 radical (unpaired) electrons. The second-order valence-corrected chi connectivity index (χ2v) is 4.77. The van der Waals surface area contributed by atoms with Gasteiger partial charge in [-0.2, -0.15) is 0 Å². The minimum Gasteiger partial charge on any atom is -0.357 e. The van der Waals surface area contributed by atoms with Gasteiger partial charge >= 0.3 is 0 Å². The largest absolute Gasteiger partial charge is 0.357 e. The fourth-order valence-electron chi connectivity index (χ4n) is 2.49. The minimum absolute atomic E-state index is 0.608. The molecule has 0 spiro atoms. The van der Waals surface area contributed by atoms with Gasteiger partial charge in [-0.05, 0) is 25.5 Å². The number of anilines is 1. The fourth-order valence-corrected chi connectivity index (χ4v) is 2.49. The molecule has 4 nitrogen and oxygen atoms in total. The van der Waals surface area contributed by atoms with Gasteiger partial charge in [0.2, 0.25) is 0 Å². The first-order chi connectivity index (χ1) is 8.31. The molecular formula is C13H22N4. The maximum Gasteiger partial charge on any atom is 0.132 e. The summed E-state index contributed by atoms with van der Waals surface area (Å²) in [6.07, 6.45) is 9.23. The maximum absolute atomic E-state index is 5.54. The van der Waals surface area contributed by atoms with Gasteiger partial charge in [-0.1, -0.05) is 19.3 Å². The molecule has 0 aliphatic heterocycles. The summed E-state index contributed by atoms with van der Waals surface area (Å²) < 4.78 is 0. The summed E-state index contributed by atoms with van der Waals surface area (Å²) in [6.45, 7) is 0.608. The molecule has 1 fully saturated rings. The van der Waals surface area contributed by atoms with E-state index in [0.29, 0.717) is 12.6 Å². The van der Waals surface area contributed by atoms with E-state index < -0.39 is 0 Å². The molecule has 1 aliphatic rings. The SMILES string of the molecule is CN(c1ccnc(CCN)n1)C1CCCCC1. The summed E-state index contributed by atoms with van der Waals surface area (Å²) in [5, 5.41) is 0. The van der Waals surface area contributed by atoms with Crippen LogP contribution in [0, 0.1) is 0 Å². The van der Waals surface area contributed by atoms with Crippen molar-refractivity contribution in [1.29, 1.82) is 0 Å². The first-order valence-corrected chi connectivity index (χ1v) is 6.56. The molecule has 1 saturated carbocycles. The van der Waals surface area contributed by atoms with Crippen LogP contribution in [0.25, 0.3) is 0 Å². The Kier molecular flexibility index (Phi) is 4.31. The zero-order chi connectivity index (χ0) is 12.1. The van der Waals surface area contributed by atoms with Crippen molar-refractivity contribution >= 4 is 5.82 Å². The molecule has 1 heterocycles. The van der Waals surface area contributed by atoms with Crippen molar-refractivity contribution in [2.45, 2.75) is 44.6 Å². The third-order valence-electron chi connectivity index (χ3n) is 3.54. The van der Waals surface area contributed by atoms with Gasteiger partial charge in [-0.15, -0.1) is 0 Å². The third kappa shape index (κ3) is 3.16. The summed E-state index contributed by atoms with van der Waals surface area (Å²) in [6, 6.07) is 2.64. The van der Waals surface area contributed by atoms with Crippen LogP contribution in [0.1, 0.15) is 37.9 Å². The van der Waals surface area contributed by atoms with Gasteiger partial charge in [0.25, 0.3) is 0 Å². The van der Waals surface area contributed by atoms with Crippen LogP contribution < -0.4 is 10.6 Å². The lowest BCUT2D eigenvalue weighted by atomic mass is 9.94. The number of hydrogen-bond acceptors (Lipinski definition) is 4. The average Bonchev–Trinajstić information content (AvgIpc) is 2.40. The van der Waals surface area contributed by atoms with Crippen molar-refractivity contribution in [3.63, 3.8) is 0 Å². The normalized spacial score (nSPS) is 17.1. The molecule has 1 aromatic heterocycles. The molecule has 2 rings (SSSR count). The first kappa shape index (κ1) is 12.3. The van der Waals surface area contributed by atoms with E-state index in [1.807, 2.05) is 12.3 Å². The highest BCUT2D eigenvalue weighted by molar-refractivity contribution is 5.37. The maximum atomic E-state index is 5.54. The molecule has 17 heavy (non-hydrogen) atoms. The van der Waals surface area contributed by atoms with E-state index in [9.17, 15) is 0 Å². The summed E-state index contributed by atoms with van der Waals surface area (Å²) in [5.74, 6) is 1.89. The predicted octanol–water partition coefficient (Wildman–Crippen LogP) is 1.75. The highest BCUT2D eigenvalue weighted by Crippen LogP contribution is 2.24. The van der Waals surface area contributed by atoms with Gasteiger partial charge < -0.3 is 10.6 Å². The quantitative estimate of drug-likeness (QED) is 0.862. The lowest BCUT2D eigenvalue weighted by Gasteiger charge is -2.32. The molecule has 1 aromatic rings. The summed E-state index contributed by atoms with van der Waals surface area (Å²) in [7, 11) is 2.14. The van der Waals surface area contributed by atoms with Crippen molar-refractivity contribution in [3.05, 3.63) is 18.1 Å². The van der Waals surface area contributed by atoms with Crippen molar-refractivity contribution in [2.75, 3.05) is 18.5 Å². The van der Waals surface area contributed by atoms with Crippen LogP contribution in [0.15, 0.2) is 12.3 Å². The molecule has 1 aliphatic carbocycles. The molecule has 0 unspecified atom stereocenters. The van der Waals surface area contributed by atoms with E-state index in [0.717, 1.165) is 18.1 Å². The minimum atomic E-state index is 0.608. The van der Waals surface area contributed by atoms with Crippen LogP contribution >= 0.6 is 0 Å². The summed E-state index contributed by atoms with van der Waals surface area (Å²) in [4.78, 5) is 11.1. The Labute approximate surface area is 103 Å². The van der Waals surface area contributed by atoms with E-state index in [2.05, 4.69) is 21.9 Å². The van der Waals surface area contributed by atoms with E-state index in [-0.39, 0.29) is 0 Å². The monoisotopic (exact) mass is 234 g/mol. The highest BCUT2D eigenvalue weighted by atomic mass is 15.2. The molecule has 0 aromatic carbocycles. The number of hydrogen-bond donors (Lipinski definition) is 1. The Morgan fingerprint density at radius 2 is 2.12 bits per heavy atom. The van der Waals surface area contributed by atoms with Crippen molar-refractivity contribution in [2.24, 2.45) is 5.73 Å². The van der Waals surface area contributed by atoms with Crippen LogP contribution in [-0.4, -0.2) is 29.6 Å². The zero-order valence-corrected chi connectivity index (χ0v) is 10.6. The number of rotatable bonds is 4. The predicted molar refractivity (Wildman–Crippen MR) is 70.1 cm³/mol. The van der Waals surface area contributed by atoms with Crippen LogP contribution in [-0.2, 0) is 6.42 Å². The molecule has 2 N–H and O–H groups in total. The highest BCUT2D eigenvalue weighted by Gasteiger charge is 2.19. The van der Waals surface area contributed by atoms with Gasteiger partial charge in [0.15, 0.2) is 0 Å². The first-order valence-electron chi connectivity index (χ1n) is 6.56. The van der Waals surface area contributed by atoms with Crippen LogP contribution in [0.5, 0.6) is 0 Å². The Balaban J connectivity index is 2.06. The molecule has 0 bridgehead atoms. The number of nitrogens with zero attached hydrogens (tertiary/aromatic N) is 3. The van der Waals surface area contributed by atoms with E-state index >= 15 is 0 Å². The summed E-state index contributed by atoms with van der Waals surface area (Å²) >= 11 is 0. The van der Waals surface area contributed by atoms with Crippen molar-refractivity contribution in [1.82, 2.24) is 9.97 Å². The molecule has 4 heteroatoms. The molecular weight excluding hydrogens is 212 g/mol. The van der Waals surface area contributed by atoms with Crippen LogP contribution in [0.2, 0.25) is 0 Å². The van der Waals surface area contributed by atoms with Crippen molar-refractivity contribution < 1.29 is 0 Å². The lowest BCUT2D eigenvalue weighted by Crippen LogP contribution is -2.34. The standard InChI is InChI=1S/C13H22N4/c1-17(11-5-3-2-4-6-11)13-8-10-15-12(16-13)7-9-14/h8,10-11H,2-7,9,14H2,1H3. The van der Waals surface area contributed by atoms with Gasteiger partial charge in [0.05, 0.1) is 0 Å². The molecule has 0 saturated heterocycles. The second-order valence-electron chi connectivity index (χ2n) is 4.77. The lowest BCUT2D eigenvalue weighted by molar-refractivity contribution is 0.425.